The van der Waals surface area contributed by atoms with E-state index < -0.39 is 6.10 Å². The molecule has 0 aliphatic carbocycles. The van der Waals surface area contributed by atoms with Crippen molar-refractivity contribution < 1.29 is 10.2 Å². The number of aliphatic hydroxyl groups is 2. The van der Waals surface area contributed by atoms with Gasteiger partial charge in [-0.3, -0.25) is 0 Å². The molecule has 1 saturated heterocycles. The first-order valence-electron chi connectivity index (χ1n) is 6.36. The molecule has 0 spiro atoms. The van der Waals surface area contributed by atoms with Crippen molar-refractivity contribution in [2.75, 3.05) is 26.2 Å². The van der Waals surface area contributed by atoms with Crippen LogP contribution in [-0.4, -0.2) is 41.4 Å². The summed E-state index contributed by atoms with van der Waals surface area (Å²) in [4.78, 5) is 2.25. The van der Waals surface area contributed by atoms with Crippen LogP contribution in [0.5, 0.6) is 0 Å². The summed E-state index contributed by atoms with van der Waals surface area (Å²) < 4.78 is 0. The Morgan fingerprint density at radius 3 is 2.76 bits per heavy atom. The minimum atomic E-state index is -0.423. The van der Waals surface area contributed by atoms with Gasteiger partial charge in [-0.1, -0.05) is 30.3 Å². The lowest BCUT2D eigenvalue weighted by atomic mass is 9.98. The molecule has 0 aromatic heterocycles. The molecule has 2 rings (SSSR count). The van der Waals surface area contributed by atoms with Gasteiger partial charge < -0.3 is 15.1 Å². The molecule has 2 N–H and O–H groups in total. The Bertz CT molecular complexity index is 328. The minimum Gasteiger partial charge on any atom is -0.396 e. The maximum absolute atomic E-state index is 10.1. The Morgan fingerprint density at radius 1 is 1.29 bits per heavy atom. The lowest BCUT2D eigenvalue weighted by molar-refractivity contribution is 0.0678. The summed E-state index contributed by atoms with van der Waals surface area (Å²) in [5.74, 6) is 0.381. The summed E-state index contributed by atoms with van der Waals surface area (Å²) in [7, 11) is 0. The summed E-state index contributed by atoms with van der Waals surface area (Å²) in [6.07, 6.45) is 1.80. The highest BCUT2D eigenvalue weighted by atomic mass is 16.3. The van der Waals surface area contributed by atoms with E-state index in [-0.39, 0.29) is 6.61 Å². The van der Waals surface area contributed by atoms with E-state index in [4.69, 9.17) is 0 Å². The van der Waals surface area contributed by atoms with Crippen LogP contribution in [0.25, 0.3) is 0 Å². The highest BCUT2D eigenvalue weighted by molar-refractivity contribution is 5.17. The number of aliphatic hydroxyl groups excluding tert-OH is 2. The number of β-amino-alcohol motifs (C(OH)–C–C–N with tert-alkyl or cyclic N) is 1. The maximum atomic E-state index is 10.1. The number of nitrogens with zero attached hydrogens (tertiary/aromatic N) is 1. The van der Waals surface area contributed by atoms with Crippen molar-refractivity contribution in [3.8, 4) is 0 Å². The lowest BCUT2D eigenvalue weighted by Crippen LogP contribution is -2.39. The number of rotatable bonds is 4. The van der Waals surface area contributed by atoms with Crippen molar-refractivity contribution in [1.82, 2.24) is 4.90 Å². The van der Waals surface area contributed by atoms with Crippen molar-refractivity contribution in [3.63, 3.8) is 0 Å². The van der Waals surface area contributed by atoms with Crippen LogP contribution in [0, 0.1) is 5.92 Å². The van der Waals surface area contributed by atoms with E-state index in [0.29, 0.717) is 12.5 Å². The van der Waals surface area contributed by atoms with Crippen molar-refractivity contribution in [2.24, 2.45) is 5.92 Å². The summed E-state index contributed by atoms with van der Waals surface area (Å²) in [6.45, 7) is 2.86. The van der Waals surface area contributed by atoms with Crippen molar-refractivity contribution in [3.05, 3.63) is 35.9 Å². The van der Waals surface area contributed by atoms with Crippen molar-refractivity contribution in [1.29, 1.82) is 0 Å². The van der Waals surface area contributed by atoms with E-state index >= 15 is 0 Å². The van der Waals surface area contributed by atoms with E-state index in [9.17, 15) is 10.2 Å². The smallest absolute Gasteiger partial charge is 0.0916 e. The second-order valence-electron chi connectivity index (χ2n) is 4.88. The lowest BCUT2D eigenvalue weighted by Gasteiger charge is -2.33. The third-order valence-corrected chi connectivity index (χ3v) is 3.48. The van der Waals surface area contributed by atoms with Gasteiger partial charge in [0.25, 0.3) is 0 Å². The monoisotopic (exact) mass is 235 g/mol. The van der Waals surface area contributed by atoms with Crippen LogP contribution >= 0.6 is 0 Å². The van der Waals surface area contributed by atoms with E-state index in [2.05, 4.69) is 4.90 Å². The first kappa shape index (κ1) is 12.6. The molecule has 1 aromatic rings. The van der Waals surface area contributed by atoms with Gasteiger partial charge in [-0.05, 0) is 30.9 Å². The largest absolute Gasteiger partial charge is 0.396 e. The average Bonchev–Trinajstić information content (AvgIpc) is 2.40. The van der Waals surface area contributed by atoms with Gasteiger partial charge in [0.05, 0.1) is 6.10 Å². The van der Waals surface area contributed by atoms with E-state index in [1.165, 1.54) is 0 Å². The Labute approximate surface area is 103 Å². The number of hydrogen-bond acceptors (Lipinski definition) is 3. The predicted octanol–water partition coefficient (Wildman–Crippen LogP) is 1.42. The molecule has 0 amide bonds. The third-order valence-electron chi connectivity index (χ3n) is 3.48. The van der Waals surface area contributed by atoms with Gasteiger partial charge in [-0.2, -0.15) is 0 Å². The van der Waals surface area contributed by atoms with E-state index in [1.54, 1.807) is 0 Å². The predicted molar refractivity (Wildman–Crippen MR) is 67.7 cm³/mol. The van der Waals surface area contributed by atoms with Crippen LogP contribution in [-0.2, 0) is 0 Å². The topological polar surface area (TPSA) is 43.7 Å². The third kappa shape index (κ3) is 3.53. The van der Waals surface area contributed by atoms with Gasteiger partial charge in [0.15, 0.2) is 0 Å². The zero-order valence-electron chi connectivity index (χ0n) is 10.1. The molecule has 0 bridgehead atoms. The SMILES string of the molecule is OC[C@@H]1CCCN(C[C@H](O)c2ccccc2)C1. The maximum Gasteiger partial charge on any atom is 0.0916 e. The molecule has 0 unspecified atom stereocenters. The van der Waals surface area contributed by atoms with Crippen LogP contribution in [0.3, 0.4) is 0 Å². The second-order valence-corrected chi connectivity index (χ2v) is 4.88. The Balaban J connectivity index is 1.88. The van der Waals surface area contributed by atoms with Crippen LogP contribution in [0.15, 0.2) is 30.3 Å². The minimum absolute atomic E-state index is 0.262. The molecular formula is C14H21NO2. The van der Waals surface area contributed by atoms with Gasteiger partial charge in [0.1, 0.15) is 0 Å². The number of piperidine rings is 1. The Morgan fingerprint density at radius 2 is 2.06 bits per heavy atom. The number of likely N-dealkylation sites (tertiary alicyclic amines) is 1. The van der Waals surface area contributed by atoms with Crippen LogP contribution < -0.4 is 0 Å². The molecule has 0 saturated carbocycles. The molecule has 3 nitrogen and oxygen atoms in total. The molecule has 1 aliphatic rings. The number of hydrogen-bond donors (Lipinski definition) is 2. The van der Waals surface area contributed by atoms with Crippen LogP contribution in [0.1, 0.15) is 24.5 Å². The fourth-order valence-corrected chi connectivity index (χ4v) is 2.49. The highest BCUT2D eigenvalue weighted by Crippen LogP contribution is 2.19. The average molecular weight is 235 g/mol. The standard InChI is InChI=1S/C14H21NO2/c16-11-12-5-4-8-15(9-12)10-14(17)13-6-2-1-3-7-13/h1-3,6-7,12,14,16-17H,4-5,8-11H2/t12-,14+/m1/s1. The fourth-order valence-electron chi connectivity index (χ4n) is 2.49. The molecule has 94 valence electrons. The van der Waals surface area contributed by atoms with Crippen molar-refractivity contribution >= 4 is 0 Å². The van der Waals surface area contributed by atoms with Gasteiger partial charge in [-0.25, -0.2) is 0 Å². The van der Waals surface area contributed by atoms with E-state index in [1.807, 2.05) is 30.3 Å². The van der Waals surface area contributed by atoms with Gasteiger partial charge >= 0.3 is 0 Å². The molecule has 1 aromatic carbocycles. The molecule has 1 heterocycles. The first-order valence-corrected chi connectivity index (χ1v) is 6.36. The van der Waals surface area contributed by atoms with Gasteiger partial charge in [0.2, 0.25) is 0 Å². The molecule has 2 atom stereocenters. The Kier molecular flexibility index (Phi) is 4.54. The molecule has 1 fully saturated rings. The molecular weight excluding hydrogens is 214 g/mol. The number of benzene rings is 1. The second kappa shape index (κ2) is 6.15. The van der Waals surface area contributed by atoms with Crippen LogP contribution in [0.2, 0.25) is 0 Å². The van der Waals surface area contributed by atoms with Gasteiger partial charge in [-0.15, -0.1) is 0 Å². The molecule has 0 radical (unpaired) electrons. The molecule has 1 aliphatic heterocycles. The zero-order chi connectivity index (χ0) is 12.1. The summed E-state index contributed by atoms with van der Waals surface area (Å²) in [5.41, 5.74) is 0.971. The summed E-state index contributed by atoms with van der Waals surface area (Å²) in [6, 6.07) is 9.77. The Hall–Kier alpha value is -0.900. The summed E-state index contributed by atoms with van der Waals surface area (Å²) >= 11 is 0. The fraction of sp³-hybridized carbons (Fsp3) is 0.571. The quantitative estimate of drug-likeness (QED) is 0.829. The van der Waals surface area contributed by atoms with Gasteiger partial charge in [0, 0.05) is 19.7 Å². The van der Waals surface area contributed by atoms with Crippen molar-refractivity contribution in [2.45, 2.75) is 18.9 Å². The van der Waals surface area contributed by atoms with E-state index in [0.717, 1.165) is 31.5 Å². The molecule has 3 heteroatoms. The molecule has 17 heavy (non-hydrogen) atoms. The normalized spacial score (nSPS) is 23.5. The first-order chi connectivity index (χ1) is 8.29. The summed E-state index contributed by atoms with van der Waals surface area (Å²) in [5, 5.41) is 19.3. The highest BCUT2D eigenvalue weighted by Gasteiger charge is 2.21. The zero-order valence-corrected chi connectivity index (χ0v) is 10.1. The van der Waals surface area contributed by atoms with Crippen LogP contribution in [0.4, 0.5) is 0 Å².